The molecule has 0 saturated heterocycles. The number of hydrogen-bond donors (Lipinski definition) is 1. The van der Waals surface area contributed by atoms with Crippen LogP contribution in [0.5, 0.6) is 0 Å². The Labute approximate surface area is 163 Å². The predicted octanol–water partition coefficient (Wildman–Crippen LogP) is 4.80. The SMILES string of the molecule is Cc1ccccc1C(=O)Nc1c(C)nn(Cc2c(F)c(F)c(F)c(F)c2F)c1C. The molecule has 1 amide bonds. The van der Waals surface area contributed by atoms with Gasteiger partial charge in [-0.3, -0.25) is 9.48 Å². The zero-order valence-corrected chi connectivity index (χ0v) is 15.7. The first kappa shape index (κ1) is 20.5. The molecule has 0 atom stereocenters. The average molecular weight is 409 g/mol. The van der Waals surface area contributed by atoms with Crippen molar-refractivity contribution >= 4 is 11.6 Å². The molecular formula is C20H16F5N3O. The maximum absolute atomic E-state index is 14.0. The molecule has 0 spiro atoms. The molecule has 0 saturated carbocycles. The Morgan fingerprint density at radius 1 is 0.931 bits per heavy atom. The second-order valence-corrected chi connectivity index (χ2v) is 6.52. The van der Waals surface area contributed by atoms with Gasteiger partial charge in [0.15, 0.2) is 23.3 Å². The van der Waals surface area contributed by atoms with Gasteiger partial charge in [0.2, 0.25) is 5.82 Å². The van der Waals surface area contributed by atoms with E-state index in [0.29, 0.717) is 22.6 Å². The van der Waals surface area contributed by atoms with E-state index in [9.17, 15) is 26.7 Å². The summed E-state index contributed by atoms with van der Waals surface area (Å²) in [6.45, 7) is 4.13. The molecule has 0 aliphatic carbocycles. The molecule has 3 rings (SSSR count). The van der Waals surface area contributed by atoms with Gasteiger partial charge in [-0.05, 0) is 32.4 Å². The van der Waals surface area contributed by atoms with Gasteiger partial charge >= 0.3 is 0 Å². The quantitative estimate of drug-likeness (QED) is 0.382. The van der Waals surface area contributed by atoms with E-state index in [0.717, 1.165) is 10.2 Å². The first-order valence-electron chi connectivity index (χ1n) is 8.54. The first-order valence-corrected chi connectivity index (χ1v) is 8.54. The van der Waals surface area contributed by atoms with Gasteiger partial charge < -0.3 is 5.32 Å². The van der Waals surface area contributed by atoms with Crippen LogP contribution in [0.4, 0.5) is 27.6 Å². The van der Waals surface area contributed by atoms with Crippen LogP contribution in [0.25, 0.3) is 0 Å². The Balaban J connectivity index is 1.95. The van der Waals surface area contributed by atoms with Crippen molar-refractivity contribution in [2.75, 3.05) is 5.32 Å². The third kappa shape index (κ3) is 3.59. The molecule has 9 heteroatoms. The van der Waals surface area contributed by atoms with Crippen LogP contribution in [0.3, 0.4) is 0 Å². The van der Waals surface area contributed by atoms with Crippen LogP contribution in [-0.4, -0.2) is 15.7 Å². The van der Waals surface area contributed by atoms with Gasteiger partial charge in [-0.2, -0.15) is 5.10 Å². The topological polar surface area (TPSA) is 46.9 Å². The van der Waals surface area contributed by atoms with Crippen molar-refractivity contribution in [1.29, 1.82) is 0 Å². The number of benzene rings is 2. The van der Waals surface area contributed by atoms with Crippen LogP contribution < -0.4 is 5.32 Å². The van der Waals surface area contributed by atoms with Crippen molar-refractivity contribution in [1.82, 2.24) is 9.78 Å². The molecule has 1 N–H and O–H groups in total. The van der Waals surface area contributed by atoms with Crippen LogP contribution in [0, 0.1) is 49.9 Å². The van der Waals surface area contributed by atoms with Crippen molar-refractivity contribution < 1.29 is 26.7 Å². The minimum absolute atomic E-state index is 0.294. The van der Waals surface area contributed by atoms with Gasteiger partial charge in [-0.25, -0.2) is 22.0 Å². The highest BCUT2D eigenvalue weighted by molar-refractivity contribution is 6.05. The molecule has 3 aromatic rings. The maximum atomic E-state index is 14.0. The maximum Gasteiger partial charge on any atom is 0.256 e. The second-order valence-electron chi connectivity index (χ2n) is 6.52. The number of carbonyl (C=O) groups is 1. The molecule has 0 aliphatic heterocycles. The van der Waals surface area contributed by atoms with Crippen molar-refractivity contribution in [3.63, 3.8) is 0 Å². The summed E-state index contributed by atoms with van der Waals surface area (Å²) in [6, 6.07) is 6.88. The number of nitrogens with one attached hydrogen (secondary N) is 1. The van der Waals surface area contributed by atoms with E-state index in [1.165, 1.54) is 6.92 Å². The van der Waals surface area contributed by atoms with E-state index in [1.807, 2.05) is 0 Å². The van der Waals surface area contributed by atoms with Crippen LogP contribution >= 0.6 is 0 Å². The predicted molar refractivity (Wildman–Crippen MR) is 96.2 cm³/mol. The van der Waals surface area contributed by atoms with E-state index in [2.05, 4.69) is 10.4 Å². The second kappa shape index (κ2) is 7.65. The highest BCUT2D eigenvalue weighted by atomic mass is 19.2. The number of hydrogen-bond acceptors (Lipinski definition) is 2. The minimum atomic E-state index is -2.22. The van der Waals surface area contributed by atoms with Crippen molar-refractivity contribution in [2.24, 2.45) is 0 Å². The summed E-state index contributed by atoms with van der Waals surface area (Å²) < 4.78 is 69.1. The lowest BCUT2D eigenvalue weighted by Crippen LogP contribution is -2.15. The summed E-state index contributed by atoms with van der Waals surface area (Å²) in [4.78, 5) is 12.5. The fourth-order valence-electron chi connectivity index (χ4n) is 2.98. The third-order valence-corrected chi connectivity index (χ3v) is 4.62. The van der Waals surface area contributed by atoms with Gasteiger partial charge in [-0.1, -0.05) is 18.2 Å². The molecular weight excluding hydrogens is 393 g/mol. The number of anilines is 1. The van der Waals surface area contributed by atoms with E-state index >= 15 is 0 Å². The van der Waals surface area contributed by atoms with Crippen molar-refractivity contribution in [3.8, 4) is 0 Å². The lowest BCUT2D eigenvalue weighted by atomic mass is 10.1. The third-order valence-electron chi connectivity index (χ3n) is 4.62. The molecule has 0 bridgehead atoms. The highest BCUT2D eigenvalue weighted by Crippen LogP contribution is 2.26. The Kier molecular flexibility index (Phi) is 5.41. The fourth-order valence-corrected chi connectivity index (χ4v) is 2.98. The standard InChI is InChI=1S/C20H16F5N3O/c1-9-6-4-5-7-12(9)20(29)26-19-10(2)27-28(11(19)3)8-13-14(21)16(23)18(25)17(24)15(13)22/h4-7H,8H2,1-3H3,(H,26,29). The monoisotopic (exact) mass is 409 g/mol. The fraction of sp³-hybridized carbons (Fsp3) is 0.200. The first-order chi connectivity index (χ1) is 13.6. The van der Waals surface area contributed by atoms with E-state index in [-0.39, 0.29) is 0 Å². The lowest BCUT2D eigenvalue weighted by Gasteiger charge is -2.11. The largest absolute Gasteiger partial charge is 0.319 e. The van der Waals surface area contributed by atoms with Gasteiger partial charge in [0.25, 0.3) is 5.91 Å². The summed E-state index contributed by atoms with van der Waals surface area (Å²) in [5.41, 5.74) is 1.08. The Bertz CT molecular complexity index is 1090. The van der Waals surface area contributed by atoms with Crippen LogP contribution in [0.15, 0.2) is 24.3 Å². The number of rotatable bonds is 4. The normalized spacial score (nSPS) is 11.0. The zero-order valence-electron chi connectivity index (χ0n) is 15.7. The number of carbonyl (C=O) groups excluding carboxylic acids is 1. The molecule has 4 nitrogen and oxygen atoms in total. The molecule has 29 heavy (non-hydrogen) atoms. The number of nitrogens with zero attached hydrogens (tertiary/aromatic N) is 2. The van der Waals surface area contributed by atoms with Crippen molar-refractivity contribution in [3.05, 3.63) is 81.4 Å². The smallest absolute Gasteiger partial charge is 0.256 e. The highest BCUT2D eigenvalue weighted by Gasteiger charge is 2.27. The van der Waals surface area contributed by atoms with Crippen molar-refractivity contribution in [2.45, 2.75) is 27.3 Å². The molecule has 1 heterocycles. The minimum Gasteiger partial charge on any atom is -0.319 e. The summed E-state index contributed by atoms with van der Waals surface area (Å²) in [5.74, 6) is -10.5. The van der Waals surface area contributed by atoms with Crippen LogP contribution in [0.2, 0.25) is 0 Å². The van der Waals surface area contributed by atoms with E-state index < -0.39 is 47.1 Å². The van der Waals surface area contributed by atoms with Crippen LogP contribution in [0.1, 0.15) is 32.9 Å². The summed E-state index contributed by atoms with van der Waals surface area (Å²) in [5, 5.41) is 6.75. The zero-order chi connectivity index (χ0) is 21.5. The summed E-state index contributed by atoms with van der Waals surface area (Å²) >= 11 is 0. The number of aromatic nitrogens is 2. The van der Waals surface area contributed by atoms with E-state index in [1.54, 1.807) is 38.1 Å². The summed E-state index contributed by atoms with van der Waals surface area (Å²) in [7, 11) is 0. The Morgan fingerprint density at radius 2 is 1.48 bits per heavy atom. The molecule has 0 aliphatic rings. The van der Waals surface area contributed by atoms with E-state index in [4.69, 9.17) is 0 Å². The molecule has 1 aromatic heterocycles. The van der Waals surface area contributed by atoms with Gasteiger partial charge in [-0.15, -0.1) is 0 Å². The van der Waals surface area contributed by atoms with Gasteiger partial charge in [0, 0.05) is 5.56 Å². The van der Waals surface area contributed by atoms with Gasteiger partial charge in [0.05, 0.1) is 29.2 Å². The molecule has 2 aromatic carbocycles. The number of amides is 1. The van der Waals surface area contributed by atoms with Gasteiger partial charge in [0.1, 0.15) is 0 Å². The lowest BCUT2D eigenvalue weighted by molar-refractivity contribution is 0.102. The molecule has 0 fully saturated rings. The summed E-state index contributed by atoms with van der Waals surface area (Å²) in [6.07, 6.45) is 0. The molecule has 0 unspecified atom stereocenters. The number of aryl methyl sites for hydroxylation is 2. The average Bonchev–Trinajstić information content (AvgIpc) is 2.95. The Hall–Kier alpha value is -3.23. The van der Waals surface area contributed by atoms with Crippen LogP contribution in [-0.2, 0) is 6.54 Å². The molecule has 152 valence electrons. The Morgan fingerprint density at radius 3 is 2.07 bits per heavy atom. The number of halogens is 5. The molecule has 0 radical (unpaired) electrons.